The molecule has 0 fully saturated rings. The van der Waals surface area contributed by atoms with Gasteiger partial charge in [0.05, 0.1) is 12.1 Å². The first-order valence-corrected chi connectivity index (χ1v) is 6.89. The van der Waals surface area contributed by atoms with E-state index in [0.29, 0.717) is 11.4 Å². The molecular weight excluding hydrogens is 264 g/mol. The number of rotatable bonds is 3. The number of nitrogens with zero attached hydrogens (tertiary/aromatic N) is 1. The SMILES string of the molecule is CC(C)(C)c1ccc(O)c(NC(=O)Cc2ccccn2)c1. The second kappa shape index (κ2) is 5.95. The molecule has 2 rings (SSSR count). The first kappa shape index (κ1) is 15.0. The van der Waals surface area contributed by atoms with Crippen LogP contribution >= 0.6 is 0 Å². The lowest BCUT2D eigenvalue weighted by Crippen LogP contribution is -2.16. The molecule has 0 unspecified atom stereocenters. The van der Waals surface area contributed by atoms with Gasteiger partial charge in [-0.15, -0.1) is 0 Å². The van der Waals surface area contributed by atoms with Gasteiger partial charge in [-0.3, -0.25) is 9.78 Å². The van der Waals surface area contributed by atoms with Crippen LogP contribution in [0.5, 0.6) is 5.75 Å². The molecule has 4 nitrogen and oxygen atoms in total. The van der Waals surface area contributed by atoms with Crippen LogP contribution in [-0.2, 0) is 16.6 Å². The molecule has 0 bridgehead atoms. The van der Waals surface area contributed by atoms with Crippen molar-refractivity contribution in [2.75, 3.05) is 5.32 Å². The molecule has 0 atom stereocenters. The normalized spacial score (nSPS) is 11.2. The molecule has 1 amide bonds. The fourth-order valence-corrected chi connectivity index (χ4v) is 1.96. The number of hydrogen-bond acceptors (Lipinski definition) is 3. The summed E-state index contributed by atoms with van der Waals surface area (Å²) in [6.07, 6.45) is 1.83. The monoisotopic (exact) mass is 284 g/mol. The van der Waals surface area contributed by atoms with E-state index < -0.39 is 0 Å². The lowest BCUT2D eigenvalue weighted by molar-refractivity contribution is -0.115. The summed E-state index contributed by atoms with van der Waals surface area (Å²) in [4.78, 5) is 16.1. The quantitative estimate of drug-likeness (QED) is 0.850. The van der Waals surface area contributed by atoms with E-state index in [0.717, 1.165) is 5.56 Å². The van der Waals surface area contributed by atoms with Gasteiger partial charge < -0.3 is 10.4 Å². The molecule has 21 heavy (non-hydrogen) atoms. The van der Waals surface area contributed by atoms with Gasteiger partial charge in [-0.2, -0.15) is 0 Å². The Labute approximate surface area is 124 Å². The Morgan fingerprint density at radius 3 is 2.62 bits per heavy atom. The first-order valence-electron chi connectivity index (χ1n) is 6.89. The molecule has 0 saturated carbocycles. The van der Waals surface area contributed by atoms with Crippen LogP contribution in [0.3, 0.4) is 0 Å². The lowest BCUT2D eigenvalue weighted by atomic mass is 9.87. The smallest absolute Gasteiger partial charge is 0.230 e. The zero-order chi connectivity index (χ0) is 15.5. The number of pyridine rings is 1. The summed E-state index contributed by atoms with van der Waals surface area (Å²) in [6.45, 7) is 6.25. The minimum absolute atomic E-state index is 0.0475. The molecule has 0 aliphatic rings. The molecule has 0 saturated heterocycles. The van der Waals surface area contributed by atoms with Crippen LogP contribution in [-0.4, -0.2) is 16.0 Å². The van der Waals surface area contributed by atoms with Gasteiger partial charge in [0, 0.05) is 11.9 Å². The molecule has 2 N–H and O–H groups in total. The maximum absolute atomic E-state index is 12.0. The van der Waals surface area contributed by atoms with Gasteiger partial charge in [0.25, 0.3) is 0 Å². The van der Waals surface area contributed by atoms with Gasteiger partial charge >= 0.3 is 0 Å². The van der Waals surface area contributed by atoms with Crippen molar-refractivity contribution in [3.05, 3.63) is 53.9 Å². The standard InChI is InChI=1S/C17H20N2O2/c1-17(2,3)12-7-8-15(20)14(10-12)19-16(21)11-13-6-4-5-9-18-13/h4-10,20H,11H2,1-3H3,(H,19,21). The van der Waals surface area contributed by atoms with Gasteiger partial charge in [-0.05, 0) is 35.2 Å². The van der Waals surface area contributed by atoms with E-state index in [-0.39, 0.29) is 23.5 Å². The van der Waals surface area contributed by atoms with E-state index in [1.165, 1.54) is 0 Å². The summed E-state index contributed by atoms with van der Waals surface area (Å²) in [6, 6.07) is 10.7. The molecule has 4 heteroatoms. The van der Waals surface area contributed by atoms with Crippen molar-refractivity contribution < 1.29 is 9.90 Å². The number of aromatic hydroxyl groups is 1. The fraction of sp³-hybridized carbons (Fsp3) is 0.294. The van der Waals surface area contributed by atoms with E-state index in [4.69, 9.17) is 0 Å². The molecule has 1 aromatic heterocycles. The summed E-state index contributed by atoms with van der Waals surface area (Å²) in [5, 5.41) is 12.6. The van der Waals surface area contributed by atoms with Crippen molar-refractivity contribution in [3.63, 3.8) is 0 Å². The van der Waals surface area contributed by atoms with Crippen LogP contribution in [0.15, 0.2) is 42.6 Å². The molecule has 2 aromatic rings. The second-order valence-electron chi connectivity index (χ2n) is 6.03. The summed E-state index contributed by atoms with van der Waals surface area (Å²) < 4.78 is 0. The number of hydrogen-bond donors (Lipinski definition) is 2. The average Bonchev–Trinajstić information content (AvgIpc) is 2.41. The molecular formula is C17H20N2O2. The molecule has 0 aliphatic heterocycles. The van der Waals surface area contributed by atoms with Crippen LogP contribution in [0.2, 0.25) is 0 Å². The molecule has 0 radical (unpaired) electrons. The summed E-state index contributed by atoms with van der Waals surface area (Å²) in [5.74, 6) is -0.132. The third-order valence-electron chi connectivity index (χ3n) is 3.20. The number of anilines is 1. The van der Waals surface area contributed by atoms with E-state index in [1.54, 1.807) is 24.4 Å². The first-order chi connectivity index (χ1) is 9.86. The Hall–Kier alpha value is -2.36. The number of phenolic OH excluding ortho intramolecular Hbond substituents is 1. The van der Waals surface area contributed by atoms with Gasteiger partial charge in [-0.1, -0.05) is 32.9 Å². The maximum Gasteiger partial charge on any atom is 0.230 e. The van der Waals surface area contributed by atoms with Crippen LogP contribution in [0.25, 0.3) is 0 Å². The number of carbonyl (C=O) groups excluding carboxylic acids is 1. The van der Waals surface area contributed by atoms with E-state index in [1.807, 2.05) is 18.2 Å². The molecule has 0 spiro atoms. The van der Waals surface area contributed by atoms with Crippen molar-refractivity contribution in [2.45, 2.75) is 32.6 Å². The number of aromatic nitrogens is 1. The highest BCUT2D eigenvalue weighted by Crippen LogP contribution is 2.30. The van der Waals surface area contributed by atoms with E-state index in [2.05, 4.69) is 31.1 Å². The third-order valence-corrected chi connectivity index (χ3v) is 3.20. The predicted molar refractivity (Wildman–Crippen MR) is 83.4 cm³/mol. The highest BCUT2D eigenvalue weighted by molar-refractivity contribution is 5.93. The Bertz CT molecular complexity index is 631. The summed E-state index contributed by atoms with van der Waals surface area (Å²) in [7, 11) is 0. The lowest BCUT2D eigenvalue weighted by Gasteiger charge is -2.20. The minimum atomic E-state index is -0.199. The molecule has 0 aliphatic carbocycles. The molecule has 1 heterocycles. The maximum atomic E-state index is 12.0. The largest absolute Gasteiger partial charge is 0.506 e. The Morgan fingerprint density at radius 2 is 2.00 bits per heavy atom. The van der Waals surface area contributed by atoms with E-state index in [9.17, 15) is 9.90 Å². The van der Waals surface area contributed by atoms with E-state index >= 15 is 0 Å². The van der Waals surface area contributed by atoms with Crippen molar-refractivity contribution in [1.82, 2.24) is 4.98 Å². The van der Waals surface area contributed by atoms with Gasteiger partial charge in [0.15, 0.2) is 0 Å². The number of amides is 1. The Morgan fingerprint density at radius 1 is 1.24 bits per heavy atom. The Balaban J connectivity index is 2.14. The topological polar surface area (TPSA) is 62.2 Å². The zero-order valence-electron chi connectivity index (χ0n) is 12.6. The highest BCUT2D eigenvalue weighted by Gasteiger charge is 2.16. The van der Waals surface area contributed by atoms with Gasteiger partial charge in [0.1, 0.15) is 5.75 Å². The van der Waals surface area contributed by atoms with Crippen LogP contribution in [0.1, 0.15) is 32.0 Å². The van der Waals surface area contributed by atoms with Crippen molar-refractivity contribution in [1.29, 1.82) is 0 Å². The Kier molecular flexibility index (Phi) is 4.26. The van der Waals surface area contributed by atoms with Crippen LogP contribution < -0.4 is 5.32 Å². The summed E-state index contributed by atoms with van der Waals surface area (Å²) >= 11 is 0. The predicted octanol–water partition coefficient (Wildman–Crippen LogP) is 3.27. The zero-order valence-corrected chi connectivity index (χ0v) is 12.6. The third kappa shape index (κ3) is 4.05. The summed E-state index contributed by atoms with van der Waals surface area (Å²) in [5.41, 5.74) is 2.13. The number of benzene rings is 1. The fourth-order valence-electron chi connectivity index (χ4n) is 1.96. The van der Waals surface area contributed by atoms with Crippen LogP contribution in [0, 0.1) is 0 Å². The van der Waals surface area contributed by atoms with Crippen molar-refractivity contribution >= 4 is 11.6 Å². The minimum Gasteiger partial charge on any atom is -0.506 e. The second-order valence-corrected chi connectivity index (χ2v) is 6.03. The molecule has 110 valence electrons. The van der Waals surface area contributed by atoms with Gasteiger partial charge in [-0.25, -0.2) is 0 Å². The number of nitrogens with one attached hydrogen (secondary N) is 1. The average molecular weight is 284 g/mol. The van der Waals surface area contributed by atoms with Gasteiger partial charge in [0.2, 0.25) is 5.91 Å². The highest BCUT2D eigenvalue weighted by atomic mass is 16.3. The van der Waals surface area contributed by atoms with Crippen LogP contribution in [0.4, 0.5) is 5.69 Å². The molecule has 1 aromatic carbocycles. The van der Waals surface area contributed by atoms with Crippen molar-refractivity contribution in [3.8, 4) is 5.75 Å². The van der Waals surface area contributed by atoms with Crippen molar-refractivity contribution in [2.24, 2.45) is 0 Å². The number of phenols is 1. The number of carbonyl (C=O) groups is 1.